The van der Waals surface area contributed by atoms with Gasteiger partial charge in [-0.3, -0.25) is 9.69 Å². The van der Waals surface area contributed by atoms with Gasteiger partial charge in [-0.1, -0.05) is 0 Å². The van der Waals surface area contributed by atoms with Gasteiger partial charge in [-0.05, 0) is 0 Å². The first-order chi connectivity index (χ1) is 10.9. The van der Waals surface area contributed by atoms with Crippen molar-refractivity contribution in [2.24, 2.45) is 0 Å². The Labute approximate surface area is 137 Å². The number of hydrogen-bond acceptors (Lipinski definition) is 7. The molecule has 0 spiro atoms. The van der Waals surface area contributed by atoms with E-state index in [0.29, 0.717) is 19.8 Å². The first-order valence-corrected chi connectivity index (χ1v) is 8.76. The molecule has 0 radical (unpaired) electrons. The number of morpholine rings is 1. The zero-order valence-electron chi connectivity index (χ0n) is 13.6. The molecular weight excluding hydrogens is 324 g/mol. The molecule has 0 aromatic carbocycles. The first kappa shape index (κ1) is 19.8. The summed E-state index contributed by atoms with van der Waals surface area (Å²) in [7, 11) is -1.21. The second kappa shape index (κ2) is 9.79. The number of carbonyl (C=O) groups excluding carboxylic acids is 1. The Morgan fingerprint density at radius 2 is 2.00 bits per heavy atom. The van der Waals surface area contributed by atoms with Gasteiger partial charge in [0.1, 0.15) is 6.54 Å². The maximum absolute atomic E-state index is 12.6. The molecule has 1 aliphatic heterocycles. The molecule has 1 saturated heterocycles. The maximum atomic E-state index is 12.6. The van der Waals surface area contributed by atoms with Crippen molar-refractivity contribution in [2.75, 3.05) is 66.6 Å². The molecule has 132 valence electrons. The maximum Gasteiger partial charge on any atom is 0.321 e. The normalized spacial score (nSPS) is 16.5. The SMILES string of the molecule is COC(=O)CN(CCN1CCOCC1)S(=O)(=O)N(C)CCC#N. The van der Waals surface area contributed by atoms with Crippen LogP contribution in [-0.4, -0.2) is 94.5 Å². The summed E-state index contributed by atoms with van der Waals surface area (Å²) in [6, 6.07) is 1.91. The number of ether oxygens (including phenoxy) is 2. The van der Waals surface area contributed by atoms with E-state index in [1.165, 1.54) is 14.2 Å². The molecule has 1 rings (SSSR count). The van der Waals surface area contributed by atoms with Gasteiger partial charge in [0, 0.05) is 46.2 Å². The molecule has 9 nitrogen and oxygen atoms in total. The van der Waals surface area contributed by atoms with Crippen molar-refractivity contribution in [1.82, 2.24) is 13.5 Å². The number of esters is 1. The summed E-state index contributed by atoms with van der Waals surface area (Å²) in [6.07, 6.45) is 0.0885. The van der Waals surface area contributed by atoms with E-state index in [9.17, 15) is 13.2 Å². The van der Waals surface area contributed by atoms with E-state index in [-0.39, 0.29) is 26.1 Å². The van der Waals surface area contributed by atoms with Gasteiger partial charge in [0.05, 0.1) is 26.4 Å². The minimum Gasteiger partial charge on any atom is -0.468 e. The van der Waals surface area contributed by atoms with Gasteiger partial charge in [0.15, 0.2) is 0 Å². The van der Waals surface area contributed by atoms with Gasteiger partial charge in [-0.25, -0.2) is 0 Å². The molecule has 1 heterocycles. The Balaban J connectivity index is 2.73. The second-order valence-corrected chi connectivity index (χ2v) is 7.14. The van der Waals surface area contributed by atoms with Crippen molar-refractivity contribution < 1.29 is 22.7 Å². The molecular formula is C13H24N4O5S. The molecule has 23 heavy (non-hydrogen) atoms. The van der Waals surface area contributed by atoms with E-state index >= 15 is 0 Å². The van der Waals surface area contributed by atoms with Gasteiger partial charge >= 0.3 is 5.97 Å². The van der Waals surface area contributed by atoms with Gasteiger partial charge < -0.3 is 9.47 Å². The Bertz CT molecular complexity index is 513. The Kier molecular flexibility index (Phi) is 8.43. The molecule has 1 aliphatic rings. The lowest BCUT2D eigenvalue weighted by atomic mass is 10.4. The minimum atomic E-state index is -3.82. The summed E-state index contributed by atoms with van der Waals surface area (Å²) in [5.41, 5.74) is 0. The average Bonchev–Trinajstić information content (AvgIpc) is 2.56. The lowest BCUT2D eigenvalue weighted by Gasteiger charge is -2.31. The highest BCUT2D eigenvalue weighted by atomic mass is 32.2. The summed E-state index contributed by atoms with van der Waals surface area (Å²) in [5.74, 6) is -0.621. The number of nitriles is 1. The number of carbonyl (C=O) groups is 1. The third kappa shape index (κ3) is 6.40. The zero-order chi connectivity index (χ0) is 17.3. The lowest BCUT2D eigenvalue weighted by molar-refractivity contribution is -0.140. The standard InChI is InChI=1S/C13H24N4O5S/c1-15(5-3-4-14)23(19,20)17(12-13(18)21-2)7-6-16-8-10-22-11-9-16/h3,5-12H2,1-2H3. The lowest BCUT2D eigenvalue weighted by Crippen LogP contribution is -2.48. The van der Waals surface area contributed by atoms with Crippen LogP contribution in [0.3, 0.4) is 0 Å². The fraction of sp³-hybridized carbons (Fsp3) is 0.846. The number of hydrogen-bond donors (Lipinski definition) is 0. The van der Waals surface area contributed by atoms with E-state index in [1.54, 1.807) is 0 Å². The van der Waals surface area contributed by atoms with Crippen LogP contribution in [0.1, 0.15) is 6.42 Å². The van der Waals surface area contributed by atoms with Crippen molar-refractivity contribution in [3.8, 4) is 6.07 Å². The number of methoxy groups -OCH3 is 1. The fourth-order valence-corrected chi connectivity index (χ4v) is 3.38. The number of rotatable bonds is 9. The van der Waals surface area contributed by atoms with Crippen molar-refractivity contribution in [3.63, 3.8) is 0 Å². The highest BCUT2D eigenvalue weighted by Crippen LogP contribution is 2.08. The van der Waals surface area contributed by atoms with Crippen molar-refractivity contribution >= 4 is 16.2 Å². The van der Waals surface area contributed by atoms with Gasteiger partial charge in [0.2, 0.25) is 0 Å². The Morgan fingerprint density at radius 1 is 1.35 bits per heavy atom. The summed E-state index contributed by atoms with van der Waals surface area (Å²) >= 11 is 0. The third-order valence-electron chi connectivity index (χ3n) is 3.56. The summed E-state index contributed by atoms with van der Waals surface area (Å²) < 4.78 is 37.1. The molecule has 10 heteroatoms. The van der Waals surface area contributed by atoms with Crippen LogP contribution < -0.4 is 0 Å². The predicted octanol–water partition coefficient (Wildman–Crippen LogP) is -1.12. The summed E-state index contributed by atoms with van der Waals surface area (Å²) in [4.78, 5) is 13.6. The largest absolute Gasteiger partial charge is 0.468 e. The van der Waals surface area contributed by atoms with E-state index in [2.05, 4.69) is 9.64 Å². The van der Waals surface area contributed by atoms with Crippen LogP contribution in [0.15, 0.2) is 0 Å². The predicted molar refractivity (Wildman–Crippen MR) is 82.6 cm³/mol. The quantitative estimate of drug-likeness (QED) is 0.486. The highest BCUT2D eigenvalue weighted by molar-refractivity contribution is 7.86. The van der Waals surface area contributed by atoms with Crippen LogP contribution in [0.2, 0.25) is 0 Å². The van der Waals surface area contributed by atoms with Gasteiger partial charge in [0.25, 0.3) is 10.2 Å². The van der Waals surface area contributed by atoms with Gasteiger partial charge in [-0.2, -0.15) is 22.3 Å². The van der Waals surface area contributed by atoms with Gasteiger partial charge in [-0.15, -0.1) is 0 Å². The molecule has 0 bridgehead atoms. The highest BCUT2D eigenvalue weighted by Gasteiger charge is 2.29. The smallest absolute Gasteiger partial charge is 0.321 e. The third-order valence-corrected chi connectivity index (χ3v) is 5.50. The van der Waals surface area contributed by atoms with Crippen LogP contribution in [0.4, 0.5) is 0 Å². The molecule has 1 fully saturated rings. The topological polar surface area (TPSA) is 103 Å². The molecule has 0 N–H and O–H groups in total. The molecule has 0 atom stereocenters. The zero-order valence-corrected chi connectivity index (χ0v) is 14.4. The second-order valence-electron chi connectivity index (χ2n) is 5.10. The molecule has 0 unspecified atom stereocenters. The van der Waals surface area contributed by atoms with Crippen molar-refractivity contribution in [1.29, 1.82) is 5.26 Å². The van der Waals surface area contributed by atoms with Crippen LogP contribution in [0.5, 0.6) is 0 Å². The molecule has 0 aromatic heterocycles. The molecule has 0 aromatic rings. The minimum absolute atomic E-state index is 0.0774. The van der Waals surface area contributed by atoms with Crippen LogP contribution in [0, 0.1) is 11.3 Å². The summed E-state index contributed by atoms with van der Waals surface area (Å²) in [5, 5.41) is 8.60. The van der Waals surface area contributed by atoms with Crippen LogP contribution >= 0.6 is 0 Å². The molecule has 0 aliphatic carbocycles. The molecule has 0 amide bonds. The van der Waals surface area contributed by atoms with Crippen molar-refractivity contribution in [3.05, 3.63) is 0 Å². The van der Waals surface area contributed by atoms with Crippen LogP contribution in [0.25, 0.3) is 0 Å². The average molecular weight is 348 g/mol. The number of nitrogens with zero attached hydrogens (tertiary/aromatic N) is 4. The van der Waals surface area contributed by atoms with E-state index in [0.717, 1.165) is 21.7 Å². The summed E-state index contributed by atoms with van der Waals surface area (Å²) in [6.45, 7) is 3.11. The first-order valence-electron chi connectivity index (χ1n) is 7.37. The Hall–Kier alpha value is -1.25. The van der Waals surface area contributed by atoms with E-state index in [1.807, 2.05) is 6.07 Å². The van der Waals surface area contributed by atoms with E-state index in [4.69, 9.17) is 10.00 Å². The Morgan fingerprint density at radius 3 is 2.57 bits per heavy atom. The van der Waals surface area contributed by atoms with Crippen molar-refractivity contribution in [2.45, 2.75) is 6.42 Å². The monoisotopic (exact) mass is 348 g/mol. The van der Waals surface area contributed by atoms with E-state index < -0.39 is 16.2 Å². The fourth-order valence-electron chi connectivity index (χ4n) is 2.08. The molecule has 0 saturated carbocycles. The van der Waals surface area contributed by atoms with Crippen LogP contribution in [-0.2, 0) is 24.5 Å².